The maximum absolute atomic E-state index is 10.2. The third kappa shape index (κ3) is 4.22. The van der Waals surface area contributed by atoms with E-state index in [1.807, 2.05) is 17.5 Å². The van der Waals surface area contributed by atoms with E-state index in [-0.39, 0.29) is 48.1 Å². The van der Waals surface area contributed by atoms with E-state index in [2.05, 4.69) is 10.2 Å². The predicted octanol–water partition coefficient (Wildman–Crippen LogP) is 2.70. The van der Waals surface area contributed by atoms with Crippen LogP contribution in [0.15, 0.2) is 29.6 Å². The van der Waals surface area contributed by atoms with Crippen LogP contribution in [0, 0.1) is 0 Å². The van der Waals surface area contributed by atoms with Gasteiger partial charge in [-0.25, -0.2) is 0 Å². The Kier molecular flexibility index (Phi) is 7.44. The number of rotatable bonds is 3. The minimum Gasteiger partial charge on any atom is -0.508 e. The summed E-state index contributed by atoms with van der Waals surface area (Å²) in [4.78, 5) is 3.29. The molecule has 0 saturated carbocycles. The first-order valence-electron chi connectivity index (χ1n) is 6.90. The average Bonchev–Trinajstić information content (AvgIpc) is 2.97. The Balaban J connectivity index is 0.00000132. The molecular weight excluding hydrogens is 359 g/mol. The van der Waals surface area contributed by atoms with Crippen molar-refractivity contribution in [2.75, 3.05) is 26.2 Å². The molecule has 1 aromatic heterocycles. The Morgan fingerprint density at radius 2 is 1.65 bits per heavy atom. The highest BCUT2D eigenvalue weighted by molar-refractivity contribution is 7.10. The molecule has 1 fully saturated rings. The number of nitrogens with one attached hydrogen (secondary N) is 1. The van der Waals surface area contributed by atoms with Gasteiger partial charge in [-0.05, 0) is 11.4 Å². The quantitative estimate of drug-likeness (QED) is 0.660. The van der Waals surface area contributed by atoms with Gasteiger partial charge in [0.1, 0.15) is 17.2 Å². The van der Waals surface area contributed by atoms with Crippen LogP contribution in [-0.2, 0) is 0 Å². The van der Waals surface area contributed by atoms with Gasteiger partial charge in [-0.2, -0.15) is 0 Å². The number of nitrogens with zero attached hydrogens (tertiary/aromatic N) is 1. The van der Waals surface area contributed by atoms with Crippen LogP contribution >= 0.6 is 36.2 Å². The van der Waals surface area contributed by atoms with E-state index >= 15 is 0 Å². The highest BCUT2D eigenvalue weighted by atomic mass is 35.5. The van der Waals surface area contributed by atoms with Crippen molar-refractivity contribution in [2.24, 2.45) is 0 Å². The number of thiophene rings is 1. The summed E-state index contributed by atoms with van der Waals surface area (Å²) in [5, 5.41) is 35.2. The van der Waals surface area contributed by atoms with Gasteiger partial charge in [-0.3, -0.25) is 4.90 Å². The second-order valence-electron chi connectivity index (χ2n) is 5.10. The molecule has 0 spiro atoms. The van der Waals surface area contributed by atoms with Crippen LogP contribution in [0.2, 0.25) is 0 Å². The third-order valence-electron chi connectivity index (χ3n) is 3.72. The molecule has 23 heavy (non-hydrogen) atoms. The van der Waals surface area contributed by atoms with E-state index in [9.17, 15) is 15.3 Å². The molecule has 1 saturated heterocycles. The molecule has 1 atom stereocenters. The van der Waals surface area contributed by atoms with Crippen molar-refractivity contribution in [3.63, 3.8) is 0 Å². The van der Waals surface area contributed by atoms with Gasteiger partial charge in [0.25, 0.3) is 0 Å². The lowest BCUT2D eigenvalue weighted by atomic mass is 10.00. The van der Waals surface area contributed by atoms with Crippen LogP contribution < -0.4 is 5.32 Å². The molecule has 2 heterocycles. The van der Waals surface area contributed by atoms with Gasteiger partial charge in [0.2, 0.25) is 0 Å². The van der Waals surface area contributed by atoms with Crippen LogP contribution in [0.3, 0.4) is 0 Å². The standard InChI is InChI=1S/C15H18N2O3S.2ClH/c18-10-8-11(19)14(12(20)9-10)15(13-2-1-7-21-13)17-5-3-16-4-6-17;;/h1-2,7-9,15-16,18-20H,3-6H2;2*1H/t15-;;/m0../s1. The van der Waals surface area contributed by atoms with Crippen molar-refractivity contribution in [2.45, 2.75) is 6.04 Å². The number of phenols is 3. The van der Waals surface area contributed by atoms with E-state index in [1.54, 1.807) is 11.3 Å². The fourth-order valence-electron chi connectivity index (χ4n) is 2.78. The number of piperazine rings is 1. The van der Waals surface area contributed by atoms with Crippen molar-refractivity contribution < 1.29 is 15.3 Å². The Labute approximate surface area is 151 Å². The lowest BCUT2D eigenvalue weighted by molar-refractivity contribution is 0.195. The van der Waals surface area contributed by atoms with Crippen LogP contribution in [0.5, 0.6) is 17.2 Å². The summed E-state index contributed by atoms with van der Waals surface area (Å²) in [5.74, 6) is -0.298. The van der Waals surface area contributed by atoms with Crippen LogP contribution in [-0.4, -0.2) is 46.4 Å². The van der Waals surface area contributed by atoms with Crippen molar-refractivity contribution in [1.29, 1.82) is 0 Å². The first-order valence-corrected chi connectivity index (χ1v) is 7.78. The molecule has 4 N–H and O–H groups in total. The first-order chi connectivity index (χ1) is 10.2. The second kappa shape index (κ2) is 8.61. The monoisotopic (exact) mass is 378 g/mol. The fourth-order valence-corrected chi connectivity index (χ4v) is 3.65. The number of hydrogen-bond acceptors (Lipinski definition) is 6. The molecule has 0 amide bonds. The molecule has 128 valence electrons. The Morgan fingerprint density at radius 3 is 2.17 bits per heavy atom. The minimum atomic E-state index is -0.201. The van der Waals surface area contributed by atoms with E-state index in [0.717, 1.165) is 31.1 Å². The average molecular weight is 379 g/mol. The minimum absolute atomic E-state index is 0. The highest BCUT2D eigenvalue weighted by Gasteiger charge is 2.29. The molecule has 0 bridgehead atoms. The van der Waals surface area contributed by atoms with Gasteiger partial charge in [-0.15, -0.1) is 36.2 Å². The first kappa shape index (κ1) is 19.9. The topological polar surface area (TPSA) is 76.0 Å². The van der Waals surface area contributed by atoms with Crippen molar-refractivity contribution in [3.05, 3.63) is 40.1 Å². The number of halogens is 2. The maximum Gasteiger partial charge on any atom is 0.128 e. The van der Waals surface area contributed by atoms with E-state index in [4.69, 9.17) is 0 Å². The predicted molar refractivity (Wildman–Crippen MR) is 96.5 cm³/mol. The highest BCUT2D eigenvalue weighted by Crippen LogP contribution is 2.43. The molecule has 5 nitrogen and oxygen atoms in total. The maximum atomic E-state index is 10.2. The van der Waals surface area contributed by atoms with Gasteiger partial charge in [0.05, 0.1) is 11.6 Å². The van der Waals surface area contributed by atoms with Crippen molar-refractivity contribution in [1.82, 2.24) is 10.2 Å². The second-order valence-corrected chi connectivity index (χ2v) is 6.08. The molecule has 1 aromatic carbocycles. The van der Waals surface area contributed by atoms with Crippen LogP contribution in [0.4, 0.5) is 0 Å². The smallest absolute Gasteiger partial charge is 0.128 e. The summed E-state index contributed by atoms with van der Waals surface area (Å²) in [6, 6.07) is 6.32. The van der Waals surface area contributed by atoms with Gasteiger partial charge < -0.3 is 20.6 Å². The lowest BCUT2D eigenvalue weighted by Gasteiger charge is -2.35. The molecule has 8 heteroatoms. The number of benzene rings is 1. The molecule has 0 radical (unpaired) electrons. The summed E-state index contributed by atoms with van der Waals surface area (Å²) in [5.41, 5.74) is 0.456. The number of hydrogen-bond donors (Lipinski definition) is 4. The van der Waals surface area contributed by atoms with E-state index in [0.29, 0.717) is 5.56 Å². The molecule has 0 aliphatic carbocycles. The van der Waals surface area contributed by atoms with Gasteiger partial charge in [-0.1, -0.05) is 6.07 Å². The molecule has 1 aliphatic heterocycles. The van der Waals surface area contributed by atoms with Crippen molar-refractivity contribution >= 4 is 36.2 Å². The van der Waals surface area contributed by atoms with Crippen LogP contribution in [0.1, 0.15) is 16.5 Å². The van der Waals surface area contributed by atoms with Gasteiger partial charge in [0, 0.05) is 43.2 Å². The van der Waals surface area contributed by atoms with Gasteiger partial charge in [0.15, 0.2) is 0 Å². The lowest BCUT2D eigenvalue weighted by Crippen LogP contribution is -2.45. The number of aromatic hydroxyl groups is 3. The molecule has 2 aromatic rings. The van der Waals surface area contributed by atoms with E-state index < -0.39 is 0 Å². The third-order valence-corrected chi connectivity index (χ3v) is 4.65. The SMILES string of the molecule is Cl.Cl.Oc1cc(O)c([C@H](c2cccs2)N2CCNCC2)c(O)c1. The Bertz CT molecular complexity index is 596. The summed E-state index contributed by atoms with van der Waals surface area (Å²) >= 11 is 1.59. The summed E-state index contributed by atoms with van der Waals surface area (Å²) in [7, 11) is 0. The van der Waals surface area contributed by atoms with E-state index in [1.165, 1.54) is 12.1 Å². The number of phenolic OH excluding ortho intramolecular Hbond substituents is 3. The zero-order chi connectivity index (χ0) is 14.8. The van der Waals surface area contributed by atoms with Gasteiger partial charge >= 0.3 is 0 Å². The molecular formula is C15H20Cl2N2O3S. The molecule has 1 aliphatic rings. The zero-order valence-corrected chi connectivity index (χ0v) is 14.8. The Hall–Kier alpha value is -1.18. The largest absolute Gasteiger partial charge is 0.508 e. The fraction of sp³-hybridized carbons (Fsp3) is 0.333. The normalized spacial score (nSPS) is 16.2. The van der Waals surface area contributed by atoms with Crippen molar-refractivity contribution in [3.8, 4) is 17.2 Å². The van der Waals surface area contributed by atoms with Crippen LogP contribution in [0.25, 0.3) is 0 Å². The zero-order valence-electron chi connectivity index (χ0n) is 12.3. The summed E-state index contributed by atoms with van der Waals surface area (Å²) in [6.45, 7) is 3.42. The molecule has 3 rings (SSSR count). The molecule has 0 unspecified atom stereocenters. The summed E-state index contributed by atoms with van der Waals surface area (Å²) < 4.78 is 0. The Morgan fingerprint density at radius 1 is 1.04 bits per heavy atom. The summed E-state index contributed by atoms with van der Waals surface area (Å²) in [6.07, 6.45) is 0.